The SMILES string of the molecule is Nc1ncnc2c1ncn2C1OC(C(=O)NCCC(F)(F)F)C(O)C1O. The predicted octanol–water partition coefficient (Wildman–Crippen LogP) is -0.904. The zero-order valence-corrected chi connectivity index (χ0v) is 13.1. The predicted molar refractivity (Wildman–Crippen MR) is 79.3 cm³/mol. The summed E-state index contributed by atoms with van der Waals surface area (Å²) in [4.78, 5) is 23.7. The summed E-state index contributed by atoms with van der Waals surface area (Å²) in [5.74, 6) is -0.884. The number of rotatable bonds is 4. The van der Waals surface area contributed by atoms with Crippen molar-refractivity contribution in [2.45, 2.75) is 37.1 Å². The van der Waals surface area contributed by atoms with Crippen LogP contribution >= 0.6 is 0 Å². The second kappa shape index (κ2) is 6.66. The lowest BCUT2D eigenvalue weighted by Gasteiger charge is -2.16. The molecule has 1 saturated heterocycles. The van der Waals surface area contributed by atoms with Crippen LogP contribution in [0.1, 0.15) is 12.6 Å². The number of aliphatic hydroxyl groups excluding tert-OH is 2. The molecule has 3 rings (SSSR count). The highest BCUT2D eigenvalue weighted by atomic mass is 19.4. The number of carbonyl (C=O) groups is 1. The lowest BCUT2D eigenvalue weighted by molar-refractivity contribution is -0.142. The number of nitrogens with zero attached hydrogens (tertiary/aromatic N) is 4. The van der Waals surface area contributed by atoms with Crippen molar-refractivity contribution in [2.24, 2.45) is 0 Å². The fourth-order valence-corrected chi connectivity index (χ4v) is 2.59. The molecule has 0 bridgehead atoms. The number of nitrogens with two attached hydrogens (primary N) is 1. The number of amides is 1. The van der Waals surface area contributed by atoms with Gasteiger partial charge in [-0.15, -0.1) is 0 Å². The Bertz CT molecular complexity index is 813. The van der Waals surface area contributed by atoms with Gasteiger partial charge < -0.3 is 26.0 Å². The van der Waals surface area contributed by atoms with Crippen molar-refractivity contribution < 1.29 is 32.9 Å². The summed E-state index contributed by atoms with van der Waals surface area (Å²) in [7, 11) is 0. The van der Waals surface area contributed by atoms with Crippen LogP contribution < -0.4 is 11.1 Å². The van der Waals surface area contributed by atoms with E-state index < -0.39 is 49.6 Å². The van der Waals surface area contributed by atoms with Crippen molar-refractivity contribution >= 4 is 22.9 Å². The average molecular weight is 376 g/mol. The molecule has 1 aliphatic rings. The van der Waals surface area contributed by atoms with Crippen molar-refractivity contribution in [3.8, 4) is 0 Å². The Kier molecular flexibility index (Phi) is 4.68. The first-order valence-corrected chi connectivity index (χ1v) is 7.48. The highest BCUT2D eigenvalue weighted by Gasteiger charge is 2.47. The molecule has 1 fully saturated rings. The Morgan fingerprint density at radius 2 is 2.04 bits per heavy atom. The number of hydrogen-bond donors (Lipinski definition) is 4. The number of aliphatic hydroxyl groups is 2. The van der Waals surface area contributed by atoms with Gasteiger partial charge in [0.2, 0.25) is 0 Å². The fraction of sp³-hybridized carbons (Fsp3) is 0.538. The second-order valence-electron chi connectivity index (χ2n) is 5.67. The molecular formula is C13H15F3N6O4. The molecule has 4 atom stereocenters. The third-order valence-corrected chi connectivity index (χ3v) is 3.87. The van der Waals surface area contributed by atoms with Crippen LogP contribution in [0.25, 0.3) is 11.2 Å². The van der Waals surface area contributed by atoms with Gasteiger partial charge in [-0.1, -0.05) is 0 Å². The quantitative estimate of drug-likeness (QED) is 0.536. The van der Waals surface area contributed by atoms with Crippen molar-refractivity contribution in [3.63, 3.8) is 0 Å². The van der Waals surface area contributed by atoms with Crippen LogP contribution in [0.2, 0.25) is 0 Å². The van der Waals surface area contributed by atoms with Gasteiger partial charge in [-0.25, -0.2) is 15.0 Å². The first-order chi connectivity index (χ1) is 12.2. The molecule has 2 aromatic heterocycles. The number of imidazole rings is 1. The minimum absolute atomic E-state index is 0.0863. The Hall–Kier alpha value is -2.51. The zero-order chi connectivity index (χ0) is 19.1. The first-order valence-electron chi connectivity index (χ1n) is 7.48. The molecule has 2 aromatic rings. The van der Waals surface area contributed by atoms with Crippen LogP contribution in [0.3, 0.4) is 0 Å². The average Bonchev–Trinajstić information content (AvgIpc) is 3.10. The van der Waals surface area contributed by atoms with E-state index in [0.29, 0.717) is 0 Å². The summed E-state index contributed by atoms with van der Waals surface area (Å²) in [6, 6.07) is 0. The van der Waals surface area contributed by atoms with Crippen LogP contribution in [0.15, 0.2) is 12.7 Å². The third kappa shape index (κ3) is 3.40. The molecule has 1 aliphatic heterocycles. The number of carbonyl (C=O) groups excluding carboxylic acids is 1. The summed E-state index contributed by atoms with van der Waals surface area (Å²) >= 11 is 0. The fourth-order valence-electron chi connectivity index (χ4n) is 2.59. The van der Waals surface area contributed by atoms with Gasteiger partial charge >= 0.3 is 6.18 Å². The maximum atomic E-state index is 12.1. The number of fused-ring (bicyclic) bond motifs is 1. The van der Waals surface area contributed by atoms with Gasteiger partial charge in [-0.05, 0) is 0 Å². The Labute approximate surface area is 143 Å². The molecule has 1 amide bonds. The molecule has 0 radical (unpaired) electrons. The number of hydrogen-bond acceptors (Lipinski definition) is 8. The van der Waals surface area contributed by atoms with Gasteiger partial charge in [0.05, 0.1) is 12.7 Å². The highest BCUT2D eigenvalue weighted by molar-refractivity contribution is 5.82. The smallest absolute Gasteiger partial charge is 0.387 e. The number of nitrogens with one attached hydrogen (secondary N) is 1. The molecule has 5 N–H and O–H groups in total. The third-order valence-electron chi connectivity index (χ3n) is 3.87. The maximum absolute atomic E-state index is 12.1. The second-order valence-corrected chi connectivity index (χ2v) is 5.67. The Morgan fingerprint density at radius 1 is 1.31 bits per heavy atom. The topological polar surface area (TPSA) is 148 Å². The van der Waals surface area contributed by atoms with Crippen LogP contribution in [0.4, 0.5) is 19.0 Å². The monoisotopic (exact) mass is 376 g/mol. The highest BCUT2D eigenvalue weighted by Crippen LogP contribution is 2.32. The summed E-state index contributed by atoms with van der Waals surface area (Å²) < 4.78 is 43.0. The van der Waals surface area contributed by atoms with Crippen molar-refractivity contribution in [1.29, 1.82) is 0 Å². The summed E-state index contributed by atoms with van der Waals surface area (Å²) in [6.07, 6.45) is -9.24. The van der Waals surface area contributed by atoms with Gasteiger partial charge in [-0.2, -0.15) is 13.2 Å². The molecule has 13 heteroatoms. The molecule has 142 valence electrons. The molecule has 0 aromatic carbocycles. The zero-order valence-electron chi connectivity index (χ0n) is 13.1. The van der Waals surface area contributed by atoms with Gasteiger partial charge in [-0.3, -0.25) is 9.36 Å². The Morgan fingerprint density at radius 3 is 2.73 bits per heavy atom. The molecule has 3 heterocycles. The first kappa shape index (κ1) is 18.3. The van der Waals surface area contributed by atoms with Crippen molar-refractivity contribution in [1.82, 2.24) is 24.8 Å². The van der Waals surface area contributed by atoms with Gasteiger partial charge in [0, 0.05) is 6.54 Å². The molecule has 0 spiro atoms. The molecule has 4 unspecified atom stereocenters. The lowest BCUT2D eigenvalue weighted by atomic mass is 10.1. The van der Waals surface area contributed by atoms with Gasteiger partial charge in [0.1, 0.15) is 24.1 Å². The summed E-state index contributed by atoms with van der Waals surface area (Å²) in [5.41, 5.74) is 6.09. The molecular weight excluding hydrogens is 361 g/mol. The van der Waals surface area contributed by atoms with Crippen LogP contribution in [0.5, 0.6) is 0 Å². The van der Waals surface area contributed by atoms with Crippen LogP contribution in [-0.2, 0) is 9.53 Å². The van der Waals surface area contributed by atoms with E-state index in [0.717, 1.165) is 6.33 Å². The lowest BCUT2D eigenvalue weighted by Crippen LogP contribution is -2.43. The standard InChI is InChI=1S/C13H15F3N6O4/c14-13(15,16)1-2-18-11(25)8-6(23)7(24)12(26-8)22-4-21-5-9(17)19-3-20-10(5)22/h3-4,6-8,12,23-24H,1-2H2,(H,18,25)(H2,17,19,20). The summed E-state index contributed by atoms with van der Waals surface area (Å²) in [5, 5.41) is 22.2. The number of anilines is 1. The van der Waals surface area contributed by atoms with Crippen LogP contribution in [-0.4, -0.2) is 66.7 Å². The molecule has 10 nitrogen and oxygen atoms in total. The molecule has 26 heavy (non-hydrogen) atoms. The number of halogens is 3. The molecule has 0 aliphatic carbocycles. The van der Waals surface area contributed by atoms with Crippen molar-refractivity contribution in [2.75, 3.05) is 12.3 Å². The maximum Gasteiger partial charge on any atom is 0.390 e. The van der Waals surface area contributed by atoms with E-state index >= 15 is 0 Å². The van der Waals surface area contributed by atoms with Crippen molar-refractivity contribution in [3.05, 3.63) is 12.7 Å². The number of alkyl halides is 3. The minimum Gasteiger partial charge on any atom is -0.387 e. The van der Waals surface area contributed by atoms with E-state index in [4.69, 9.17) is 10.5 Å². The number of nitrogen functional groups attached to an aromatic ring is 1. The van der Waals surface area contributed by atoms with E-state index in [1.165, 1.54) is 10.9 Å². The van der Waals surface area contributed by atoms with E-state index in [1.807, 2.05) is 5.32 Å². The minimum atomic E-state index is -4.43. The van der Waals surface area contributed by atoms with Gasteiger partial charge in [0.25, 0.3) is 5.91 Å². The van der Waals surface area contributed by atoms with E-state index in [1.54, 1.807) is 0 Å². The molecule has 0 saturated carbocycles. The normalized spacial score (nSPS) is 26.3. The van der Waals surface area contributed by atoms with E-state index in [2.05, 4.69) is 15.0 Å². The van der Waals surface area contributed by atoms with E-state index in [9.17, 15) is 28.2 Å². The summed E-state index contributed by atoms with van der Waals surface area (Å²) in [6.45, 7) is -0.673. The van der Waals surface area contributed by atoms with Gasteiger partial charge in [0.15, 0.2) is 23.8 Å². The number of aromatic nitrogens is 4. The van der Waals surface area contributed by atoms with E-state index in [-0.39, 0.29) is 17.0 Å². The Balaban J connectivity index is 1.75. The van der Waals surface area contributed by atoms with Crippen LogP contribution in [0, 0.1) is 0 Å². The number of ether oxygens (including phenoxy) is 1. The largest absolute Gasteiger partial charge is 0.390 e.